The smallest absolute Gasteiger partial charge is 0.145 e. The van der Waals surface area contributed by atoms with Gasteiger partial charge in [0.25, 0.3) is 0 Å². The van der Waals surface area contributed by atoms with E-state index in [-0.39, 0.29) is 5.41 Å². The van der Waals surface area contributed by atoms with Crippen LogP contribution in [0.25, 0.3) is 94.2 Å². The summed E-state index contributed by atoms with van der Waals surface area (Å²) < 4.78 is 9.35. The van der Waals surface area contributed by atoms with Gasteiger partial charge in [0.05, 0.1) is 27.8 Å². The van der Waals surface area contributed by atoms with Gasteiger partial charge in [0.15, 0.2) is 0 Å². The van der Waals surface area contributed by atoms with Crippen LogP contribution in [0.3, 0.4) is 0 Å². The number of benzene rings is 7. The Kier molecular flexibility index (Phi) is 6.30. The van der Waals surface area contributed by atoms with E-state index in [0.717, 1.165) is 55.8 Å². The lowest BCUT2D eigenvalue weighted by molar-refractivity contribution is 0.659. The molecule has 0 spiro atoms. The van der Waals surface area contributed by atoms with Crippen LogP contribution in [0.1, 0.15) is 25.0 Å². The number of furan rings is 1. The first-order valence-corrected chi connectivity index (χ1v) is 18.3. The number of hydrogen-bond donors (Lipinski definition) is 0. The van der Waals surface area contributed by atoms with Crippen LogP contribution < -0.4 is 0 Å². The fourth-order valence-electron chi connectivity index (χ4n) is 8.97. The van der Waals surface area contributed by atoms with Crippen molar-refractivity contribution in [2.24, 2.45) is 0 Å². The van der Waals surface area contributed by atoms with Crippen molar-refractivity contribution in [1.82, 2.24) is 9.55 Å². The lowest BCUT2D eigenvalue weighted by atomic mass is 9.80. The molecule has 3 nitrogen and oxygen atoms in total. The van der Waals surface area contributed by atoms with Gasteiger partial charge in [-0.2, -0.15) is 0 Å². The van der Waals surface area contributed by atoms with Gasteiger partial charge >= 0.3 is 0 Å². The molecule has 0 N–H and O–H groups in total. The van der Waals surface area contributed by atoms with E-state index in [2.05, 4.69) is 182 Å². The molecule has 0 atom stereocenters. The van der Waals surface area contributed by atoms with Gasteiger partial charge in [0.2, 0.25) is 0 Å². The third-order valence-electron chi connectivity index (χ3n) is 11.4. The maximum atomic E-state index is 6.89. The maximum absolute atomic E-state index is 6.89. The number of fused-ring (bicyclic) bond motifs is 12. The molecule has 0 bridgehead atoms. The summed E-state index contributed by atoms with van der Waals surface area (Å²) in [4.78, 5) is 5.22. The maximum Gasteiger partial charge on any atom is 0.145 e. The van der Waals surface area contributed by atoms with Crippen LogP contribution in [0.15, 0.2) is 174 Å². The van der Waals surface area contributed by atoms with Crippen molar-refractivity contribution < 1.29 is 4.42 Å². The highest BCUT2D eigenvalue weighted by Crippen LogP contribution is 2.57. The Balaban J connectivity index is 1.18. The molecule has 0 amide bonds. The predicted molar refractivity (Wildman–Crippen MR) is 220 cm³/mol. The molecule has 3 heteroatoms. The molecular formula is C50H34N2O. The van der Waals surface area contributed by atoms with Crippen molar-refractivity contribution in [2.45, 2.75) is 19.3 Å². The third kappa shape index (κ3) is 4.31. The summed E-state index contributed by atoms with van der Waals surface area (Å²) in [5.41, 5.74) is 16.8. The van der Waals surface area contributed by atoms with E-state index >= 15 is 0 Å². The summed E-state index contributed by atoms with van der Waals surface area (Å²) in [5, 5.41) is 4.74. The quantitative estimate of drug-likeness (QED) is 0.185. The molecule has 1 aliphatic rings. The monoisotopic (exact) mass is 678 g/mol. The number of hydrogen-bond acceptors (Lipinski definition) is 2. The van der Waals surface area contributed by atoms with E-state index in [1.165, 1.54) is 49.5 Å². The molecule has 3 heterocycles. The molecule has 0 saturated heterocycles. The zero-order valence-corrected chi connectivity index (χ0v) is 29.5. The minimum Gasteiger partial charge on any atom is -0.455 e. The van der Waals surface area contributed by atoms with E-state index in [1.807, 2.05) is 6.07 Å². The zero-order chi connectivity index (χ0) is 35.3. The molecule has 7 aromatic carbocycles. The summed E-state index contributed by atoms with van der Waals surface area (Å²) >= 11 is 0. The van der Waals surface area contributed by atoms with E-state index < -0.39 is 0 Å². The number of aromatic nitrogens is 2. The van der Waals surface area contributed by atoms with Crippen LogP contribution in [0.4, 0.5) is 0 Å². The summed E-state index contributed by atoms with van der Waals surface area (Å²) in [6, 6.07) is 60.6. The van der Waals surface area contributed by atoms with Gasteiger partial charge in [-0.15, -0.1) is 0 Å². The number of pyridine rings is 1. The van der Waals surface area contributed by atoms with Crippen LogP contribution in [-0.4, -0.2) is 9.55 Å². The molecule has 0 radical (unpaired) electrons. The number of para-hydroxylation sites is 2. The first-order chi connectivity index (χ1) is 26.1. The van der Waals surface area contributed by atoms with Crippen molar-refractivity contribution >= 4 is 43.7 Å². The summed E-state index contributed by atoms with van der Waals surface area (Å²) in [5.74, 6) is 0. The van der Waals surface area contributed by atoms with Crippen molar-refractivity contribution in [3.8, 4) is 50.5 Å². The first-order valence-electron chi connectivity index (χ1n) is 18.3. The standard InChI is InChI=1S/C50H34N2O/c1-50(2)39-22-12-9-19-36(39)44-47(50)45-38-21-11-14-24-43(38)53-49(45)46-37-20-10-13-23-42(37)52(48(44)46)35-27-25-33(26-28-35)41-30-34(31-15-5-3-6-16-31)29-40(51-41)32-17-7-4-8-18-32/h3-30H,1-2H3. The highest BCUT2D eigenvalue weighted by Gasteiger charge is 2.41. The van der Waals surface area contributed by atoms with Crippen molar-refractivity contribution in [3.63, 3.8) is 0 Å². The van der Waals surface area contributed by atoms with E-state index in [9.17, 15) is 0 Å². The van der Waals surface area contributed by atoms with E-state index in [0.29, 0.717) is 0 Å². The van der Waals surface area contributed by atoms with Crippen LogP contribution in [0.2, 0.25) is 0 Å². The second-order valence-electron chi connectivity index (χ2n) is 14.7. The van der Waals surface area contributed by atoms with Crippen LogP contribution >= 0.6 is 0 Å². The summed E-state index contributed by atoms with van der Waals surface area (Å²) in [7, 11) is 0. The first kappa shape index (κ1) is 30.0. The van der Waals surface area contributed by atoms with Gasteiger partial charge in [-0.1, -0.05) is 147 Å². The molecule has 11 rings (SSSR count). The summed E-state index contributed by atoms with van der Waals surface area (Å²) in [6.07, 6.45) is 0. The normalized spacial score (nSPS) is 13.2. The Morgan fingerprint density at radius 2 is 1.13 bits per heavy atom. The number of nitrogens with zero attached hydrogens (tertiary/aromatic N) is 2. The van der Waals surface area contributed by atoms with Gasteiger partial charge in [-0.25, -0.2) is 4.98 Å². The Morgan fingerprint density at radius 3 is 1.89 bits per heavy atom. The van der Waals surface area contributed by atoms with Crippen molar-refractivity contribution in [3.05, 3.63) is 181 Å². The Labute approximate surface area is 307 Å². The molecular weight excluding hydrogens is 645 g/mol. The fourth-order valence-corrected chi connectivity index (χ4v) is 8.97. The second-order valence-corrected chi connectivity index (χ2v) is 14.7. The highest BCUT2D eigenvalue weighted by molar-refractivity contribution is 6.29. The van der Waals surface area contributed by atoms with E-state index in [4.69, 9.17) is 9.40 Å². The molecule has 1 aliphatic carbocycles. The Morgan fingerprint density at radius 1 is 0.528 bits per heavy atom. The predicted octanol–water partition coefficient (Wildman–Crippen LogP) is 13.4. The molecule has 0 saturated carbocycles. The molecule has 250 valence electrons. The Hall–Kier alpha value is -6.71. The lowest BCUT2D eigenvalue weighted by Gasteiger charge is -2.22. The minimum atomic E-state index is -0.220. The molecule has 10 aromatic rings. The molecule has 53 heavy (non-hydrogen) atoms. The van der Waals surface area contributed by atoms with Gasteiger partial charge in [0.1, 0.15) is 11.2 Å². The zero-order valence-electron chi connectivity index (χ0n) is 29.5. The van der Waals surface area contributed by atoms with Crippen LogP contribution in [0, 0.1) is 0 Å². The average molecular weight is 679 g/mol. The number of rotatable bonds is 4. The summed E-state index contributed by atoms with van der Waals surface area (Å²) in [6.45, 7) is 4.74. The van der Waals surface area contributed by atoms with Gasteiger partial charge < -0.3 is 8.98 Å². The molecule has 0 unspecified atom stereocenters. The van der Waals surface area contributed by atoms with Crippen molar-refractivity contribution in [2.75, 3.05) is 0 Å². The van der Waals surface area contributed by atoms with Crippen LogP contribution in [-0.2, 0) is 5.41 Å². The molecule has 3 aromatic heterocycles. The van der Waals surface area contributed by atoms with Gasteiger partial charge in [-0.3, -0.25) is 0 Å². The van der Waals surface area contributed by atoms with Crippen LogP contribution in [0.5, 0.6) is 0 Å². The SMILES string of the molecule is CC1(C)c2ccccc2-c2c1c1c3ccccc3oc1c1c3ccccc3n(-c3ccc(-c4cc(-c5ccccc5)cc(-c5ccccc5)n4)cc3)c21. The molecule has 0 fully saturated rings. The highest BCUT2D eigenvalue weighted by atomic mass is 16.3. The van der Waals surface area contributed by atoms with Crippen molar-refractivity contribution in [1.29, 1.82) is 0 Å². The third-order valence-corrected chi connectivity index (χ3v) is 11.4. The second kappa shape index (κ2) is 11.1. The fraction of sp³-hybridized carbons (Fsp3) is 0.0600. The average Bonchev–Trinajstić information content (AvgIpc) is 3.84. The minimum absolute atomic E-state index is 0.220. The topological polar surface area (TPSA) is 31.0 Å². The Bertz CT molecular complexity index is 3000. The molecule has 0 aliphatic heterocycles. The van der Waals surface area contributed by atoms with Gasteiger partial charge in [-0.05, 0) is 64.2 Å². The van der Waals surface area contributed by atoms with Gasteiger partial charge in [0, 0.05) is 44.0 Å². The lowest BCUT2D eigenvalue weighted by Crippen LogP contribution is -2.15. The largest absolute Gasteiger partial charge is 0.455 e. The van der Waals surface area contributed by atoms with E-state index in [1.54, 1.807) is 0 Å².